The Morgan fingerprint density at radius 3 is 2.78 bits per heavy atom. The van der Waals surface area contributed by atoms with Crippen molar-refractivity contribution < 1.29 is 9.15 Å². The second-order valence-corrected chi connectivity index (χ2v) is 9.67. The summed E-state index contributed by atoms with van der Waals surface area (Å²) in [6, 6.07) is 9.71. The predicted molar refractivity (Wildman–Crippen MR) is 127 cm³/mol. The Balaban J connectivity index is 1.71. The molecule has 0 aliphatic heterocycles. The van der Waals surface area contributed by atoms with Gasteiger partial charge in [0.1, 0.15) is 17.8 Å². The van der Waals surface area contributed by atoms with Crippen LogP contribution in [-0.4, -0.2) is 39.7 Å². The zero-order valence-corrected chi connectivity index (χ0v) is 19.6. The van der Waals surface area contributed by atoms with Gasteiger partial charge in [-0.3, -0.25) is 0 Å². The van der Waals surface area contributed by atoms with E-state index in [1.54, 1.807) is 13.4 Å². The van der Waals surface area contributed by atoms with Crippen LogP contribution in [0.1, 0.15) is 20.8 Å². The summed E-state index contributed by atoms with van der Waals surface area (Å²) in [5.41, 5.74) is 8.61. The molecular formula is C23H28N6O2S. The number of imidazole rings is 1. The molecule has 0 atom stereocenters. The third kappa shape index (κ3) is 4.89. The first-order valence-corrected chi connectivity index (χ1v) is 11.2. The van der Waals surface area contributed by atoms with E-state index in [9.17, 15) is 0 Å². The lowest BCUT2D eigenvalue weighted by molar-refractivity contribution is 0.375. The topological polar surface area (TPSA) is 104 Å². The van der Waals surface area contributed by atoms with E-state index in [1.807, 2.05) is 30.3 Å². The second kappa shape index (κ2) is 9.22. The van der Waals surface area contributed by atoms with Crippen molar-refractivity contribution in [3.63, 3.8) is 0 Å². The normalized spacial score (nSPS) is 11.9. The van der Waals surface area contributed by atoms with Gasteiger partial charge in [0, 0.05) is 30.1 Å². The molecule has 168 valence electrons. The van der Waals surface area contributed by atoms with Gasteiger partial charge in [0.05, 0.1) is 13.4 Å². The summed E-state index contributed by atoms with van der Waals surface area (Å²) < 4.78 is 13.2. The highest BCUT2D eigenvalue weighted by molar-refractivity contribution is 7.99. The Hall–Kier alpha value is -3.04. The van der Waals surface area contributed by atoms with Crippen LogP contribution in [0.15, 0.2) is 57.4 Å². The van der Waals surface area contributed by atoms with E-state index in [4.69, 9.17) is 19.9 Å². The summed E-state index contributed by atoms with van der Waals surface area (Å²) in [7, 11) is 1.66. The van der Waals surface area contributed by atoms with Crippen LogP contribution < -0.4 is 15.8 Å². The first-order valence-electron chi connectivity index (χ1n) is 10.4. The Morgan fingerprint density at radius 1 is 1.22 bits per heavy atom. The zero-order chi connectivity index (χ0) is 22.7. The summed E-state index contributed by atoms with van der Waals surface area (Å²) in [4.78, 5) is 14.3. The maximum Gasteiger partial charge on any atom is 0.175 e. The van der Waals surface area contributed by atoms with E-state index in [0.717, 1.165) is 45.9 Å². The number of nitrogens with one attached hydrogen (secondary N) is 1. The number of methoxy groups -OCH3 is 1. The van der Waals surface area contributed by atoms with E-state index in [2.05, 4.69) is 40.6 Å². The predicted octanol–water partition coefficient (Wildman–Crippen LogP) is 4.46. The maximum absolute atomic E-state index is 6.11. The van der Waals surface area contributed by atoms with Gasteiger partial charge in [-0.15, -0.1) is 0 Å². The number of furan rings is 1. The van der Waals surface area contributed by atoms with Gasteiger partial charge in [-0.1, -0.05) is 32.5 Å². The molecule has 0 radical (unpaired) electrons. The van der Waals surface area contributed by atoms with E-state index >= 15 is 0 Å². The number of nitrogens with zero attached hydrogens (tertiary/aromatic N) is 4. The fourth-order valence-corrected chi connectivity index (χ4v) is 4.39. The van der Waals surface area contributed by atoms with Crippen molar-refractivity contribution in [3.05, 3.63) is 42.9 Å². The highest BCUT2D eigenvalue weighted by atomic mass is 32.2. The van der Waals surface area contributed by atoms with Crippen molar-refractivity contribution in [2.24, 2.45) is 5.41 Å². The number of rotatable bonds is 8. The molecule has 0 fully saturated rings. The van der Waals surface area contributed by atoms with Crippen molar-refractivity contribution in [3.8, 4) is 17.1 Å². The van der Waals surface area contributed by atoms with Crippen molar-refractivity contribution >= 4 is 28.7 Å². The first kappa shape index (κ1) is 22.2. The van der Waals surface area contributed by atoms with Crippen LogP contribution >= 0.6 is 11.8 Å². The number of hydrogen-bond donors (Lipinski definition) is 2. The lowest BCUT2D eigenvalue weighted by Crippen LogP contribution is -2.29. The zero-order valence-electron chi connectivity index (χ0n) is 18.8. The van der Waals surface area contributed by atoms with Gasteiger partial charge in [0.25, 0.3) is 0 Å². The smallest absolute Gasteiger partial charge is 0.175 e. The fourth-order valence-electron chi connectivity index (χ4n) is 3.32. The summed E-state index contributed by atoms with van der Waals surface area (Å²) in [6.45, 7) is 9.02. The number of fused-ring (bicyclic) bond motifs is 1. The van der Waals surface area contributed by atoms with Gasteiger partial charge >= 0.3 is 0 Å². The molecule has 3 N–H and O–H groups in total. The van der Waals surface area contributed by atoms with Gasteiger partial charge in [0.2, 0.25) is 0 Å². The van der Waals surface area contributed by atoms with Crippen LogP contribution in [0.2, 0.25) is 0 Å². The van der Waals surface area contributed by atoms with Gasteiger partial charge in [-0.25, -0.2) is 15.0 Å². The minimum absolute atomic E-state index is 0.208. The van der Waals surface area contributed by atoms with Crippen molar-refractivity contribution in [1.82, 2.24) is 24.8 Å². The minimum Gasteiger partial charge on any atom is -0.497 e. The van der Waals surface area contributed by atoms with Gasteiger partial charge < -0.3 is 24.8 Å². The largest absolute Gasteiger partial charge is 0.497 e. The maximum atomic E-state index is 6.11. The highest BCUT2D eigenvalue weighted by Gasteiger charge is 2.19. The van der Waals surface area contributed by atoms with Crippen LogP contribution in [0.25, 0.3) is 22.5 Å². The molecular weight excluding hydrogens is 424 g/mol. The molecule has 0 saturated carbocycles. The molecule has 1 aromatic carbocycles. The third-order valence-corrected chi connectivity index (χ3v) is 5.92. The minimum atomic E-state index is 0.208. The molecule has 3 aromatic heterocycles. The van der Waals surface area contributed by atoms with Crippen molar-refractivity contribution in [2.45, 2.75) is 37.4 Å². The molecule has 4 rings (SSSR count). The number of nitrogen functional groups attached to an aromatic ring is 1. The van der Waals surface area contributed by atoms with Crippen LogP contribution in [0.3, 0.4) is 0 Å². The van der Waals surface area contributed by atoms with E-state index in [-0.39, 0.29) is 5.41 Å². The average Bonchev–Trinajstić information content (AvgIpc) is 3.40. The molecule has 9 heteroatoms. The molecule has 0 amide bonds. The molecule has 0 aliphatic carbocycles. The number of hydrogen-bond acceptors (Lipinski definition) is 8. The summed E-state index contributed by atoms with van der Waals surface area (Å²) >= 11 is 1.53. The highest BCUT2D eigenvalue weighted by Crippen LogP contribution is 2.39. The summed E-state index contributed by atoms with van der Waals surface area (Å²) in [6.07, 6.45) is 3.15. The SMILES string of the molecule is COc1ccc(-c2ccco2)c(Sc2nc3c(N)ncnc3n2CCNCC(C)(C)C)c1. The molecule has 0 saturated heterocycles. The van der Waals surface area contributed by atoms with E-state index < -0.39 is 0 Å². The van der Waals surface area contributed by atoms with Crippen molar-refractivity contribution in [1.29, 1.82) is 0 Å². The van der Waals surface area contributed by atoms with Crippen molar-refractivity contribution in [2.75, 3.05) is 25.9 Å². The lowest BCUT2D eigenvalue weighted by atomic mass is 9.97. The second-order valence-electron chi connectivity index (χ2n) is 8.66. The number of benzene rings is 1. The fraction of sp³-hybridized carbons (Fsp3) is 0.348. The van der Waals surface area contributed by atoms with Crippen LogP contribution in [-0.2, 0) is 6.54 Å². The third-order valence-electron chi connectivity index (χ3n) is 4.87. The molecule has 8 nitrogen and oxygen atoms in total. The summed E-state index contributed by atoms with van der Waals surface area (Å²) in [5.74, 6) is 1.91. The first-order chi connectivity index (χ1) is 15.4. The Labute approximate surface area is 191 Å². The van der Waals surface area contributed by atoms with Crippen LogP contribution in [0, 0.1) is 5.41 Å². The average molecular weight is 453 g/mol. The number of nitrogens with two attached hydrogens (primary N) is 1. The Morgan fingerprint density at radius 2 is 2.06 bits per heavy atom. The Kier molecular flexibility index (Phi) is 6.38. The van der Waals surface area contributed by atoms with Crippen LogP contribution in [0.5, 0.6) is 5.75 Å². The van der Waals surface area contributed by atoms with E-state index in [0.29, 0.717) is 17.9 Å². The monoisotopic (exact) mass is 452 g/mol. The number of anilines is 1. The standard InChI is InChI=1S/C23H28N6O2S/c1-23(2,3)13-25-9-10-29-21-19(20(24)26-14-27-21)28-22(29)32-18-12-15(30-4)7-8-16(18)17-6-5-11-31-17/h5-8,11-12,14,25H,9-10,13H2,1-4H3,(H2,24,26,27). The van der Waals surface area contributed by atoms with E-state index in [1.165, 1.54) is 18.1 Å². The molecule has 4 aromatic rings. The van der Waals surface area contributed by atoms with Gasteiger partial charge in [0.15, 0.2) is 22.1 Å². The number of aromatic nitrogens is 4. The molecule has 0 unspecified atom stereocenters. The molecule has 3 heterocycles. The van der Waals surface area contributed by atoms with Crippen LogP contribution in [0.4, 0.5) is 5.82 Å². The summed E-state index contributed by atoms with van der Waals surface area (Å²) in [5, 5.41) is 4.30. The quantitative estimate of drug-likeness (QED) is 0.378. The van der Waals surface area contributed by atoms with Gasteiger partial charge in [-0.05, 0) is 35.7 Å². The Bertz CT molecular complexity index is 1200. The molecule has 0 spiro atoms. The van der Waals surface area contributed by atoms with Gasteiger partial charge in [-0.2, -0.15) is 0 Å². The molecule has 32 heavy (non-hydrogen) atoms. The lowest BCUT2D eigenvalue weighted by Gasteiger charge is -2.19. The number of ether oxygens (including phenoxy) is 1. The molecule has 0 aliphatic rings. The molecule has 0 bridgehead atoms.